The Bertz CT molecular complexity index is 1140. The van der Waals surface area contributed by atoms with Crippen molar-refractivity contribution in [3.05, 3.63) is 58.9 Å². The summed E-state index contributed by atoms with van der Waals surface area (Å²) in [6, 6.07) is 9.93. The summed E-state index contributed by atoms with van der Waals surface area (Å²) in [5, 5.41) is 11.3. The molecule has 3 rings (SSSR count). The number of rotatable bonds is 11. The maximum atomic E-state index is 13.3. The first-order valence-corrected chi connectivity index (χ1v) is 14.1. The van der Waals surface area contributed by atoms with Crippen LogP contribution in [0, 0.1) is 24.1 Å². The maximum Gasteiger partial charge on any atom is 0.216 e. The van der Waals surface area contributed by atoms with Crippen molar-refractivity contribution >= 4 is 27.6 Å². The van der Waals surface area contributed by atoms with E-state index in [9.17, 15) is 12.8 Å². The van der Waals surface area contributed by atoms with Crippen LogP contribution in [0.25, 0.3) is 0 Å². The van der Waals surface area contributed by atoms with Gasteiger partial charge in [-0.05, 0) is 74.2 Å². The van der Waals surface area contributed by atoms with Crippen molar-refractivity contribution in [3.8, 4) is 0 Å². The molecule has 36 heavy (non-hydrogen) atoms. The Morgan fingerprint density at radius 2 is 1.86 bits per heavy atom. The van der Waals surface area contributed by atoms with Crippen molar-refractivity contribution in [2.24, 2.45) is 5.92 Å². The predicted molar refractivity (Wildman–Crippen MR) is 144 cm³/mol. The molecule has 2 N–H and O–H groups in total. The lowest BCUT2D eigenvalue weighted by Gasteiger charge is -2.42. The highest BCUT2D eigenvalue weighted by Gasteiger charge is 2.35. The second-order valence-corrected chi connectivity index (χ2v) is 12.2. The molecule has 2 aromatic carbocycles. The predicted octanol–water partition coefficient (Wildman–Crippen LogP) is 4.94. The molecule has 0 saturated carbocycles. The number of benzene rings is 2. The van der Waals surface area contributed by atoms with E-state index in [-0.39, 0.29) is 30.3 Å². The highest BCUT2D eigenvalue weighted by Crippen LogP contribution is 2.33. The van der Waals surface area contributed by atoms with Crippen molar-refractivity contribution in [1.82, 2.24) is 9.21 Å². The maximum absolute atomic E-state index is 13.3. The number of halogens is 1. The summed E-state index contributed by atoms with van der Waals surface area (Å²) in [7, 11) is -3.46. The first-order chi connectivity index (χ1) is 17.0. The lowest BCUT2D eigenvalue weighted by atomic mass is 9.94. The molecular weight excluding hydrogens is 479 g/mol. The molecule has 9 heteroatoms. The van der Waals surface area contributed by atoms with Gasteiger partial charge in [-0.15, -0.1) is 0 Å². The van der Waals surface area contributed by atoms with Crippen LogP contribution in [0.3, 0.4) is 0 Å². The molecule has 1 aliphatic heterocycles. The number of anilines is 2. The summed E-state index contributed by atoms with van der Waals surface area (Å²) in [5.41, 5.74) is 4.18. The molecule has 0 aromatic heterocycles. The summed E-state index contributed by atoms with van der Waals surface area (Å²) in [4.78, 5) is 2.35. The Hall–Kier alpha value is -2.33. The molecule has 7 nitrogen and oxygen atoms in total. The Balaban J connectivity index is 1.90. The van der Waals surface area contributed by atoms with E-state index < -0.39 is 10.0 Å². The lowest BCUT2D eigenvalue weighted by Crippen LogP contribution is -2.52. The largest absolute Gasteiger partial charge is 0.378 e. The van der Waals surface area contributed by atoms with E-state index in [0.717, 1.165) is 29.0 Å². The molecule has 1 atom stereocenters. The molecule has 0 spiro atoms. The van der Waals surface area contributed by atoms with Gasteiger partial charge in [0.05, 0.1) is 18.5 Å². The molecule has 1 saturated heterocycles. The van der Waals surface area contributed by atoms with Crippen LogP contribution in [0.5, 0.6) is 0 Å². The highest BCUT2D eigenvalue weighted by molar-refractivity contribution is 7.89. The van der Waals surface area contributed by atoms with E-state index in [2.05, 4.69) is 24.1 Å². The van der Waals surface area contributed by atoms with Gasteiger partial charge in [0.1, 0.15) is 5.82 Å². The number of sulfonamides is 1. The molecule has 0 radical (unpaired) electrons. The molecule has 0 unspecified atom stereocenters. The average molecular weight is 519 g/mol. The van der Waals surface area contributed by atoms with Gasteiger partial charge in [0.15, 0.2) is 0 Å². The Kier molecular flexibility index (Phi) is 9.63. The van der Waals surface area contributed by atoms with E-state index in [1.165, 1.54) is 18.3 Å². The van der Waals surface area contributed by atoms with Gasteiger partial charge < -0.3 is 15.5 Å². The minimum Gasteiger partial charge on any atom is -0.378 e. The molecule has 0 aliphatic carbocycles. The van der Waals surface area contributed by atoms with Crippen LogP contribution in [-0.2, 0) is 14.8 Å². The van der Waals surface area contributed by atoms with E-state index in [1.54, 1.807) is 16.4 Å². The monoisotopic (exact) mass is 518 g/mol. The molecule has 198 valence electrons. The summed E-state index contributed by atoms with van der Waals surface area (Å²) in [5.74, 6) is 0.0852. The van der Waals surface area contributed by atoms with E-state index in [4.69, 9.17) is 10.1 Å². The topological polar surface area (TPSA) is 85.7 Å². The second kappa shape index (κ2) is 12.3. The van der Waals surface area contributed by atoms with E-state index in [0.29, 0.717) is 31.1 Å². The van der Waals surface area contributed by atoms with Gasteiger partial charge in [0.2, 0.25) is 10.0 Å². The summed E-state index contributed by atoms with van der Waals surface area (Å²) < 4.78 is 46.6. The normalized spacial score (nSPS) is 17.6. The minimum atomic E-state index is -3.46. The third-order valence-electron chi connectivity index (χ3n) is 6.32. The number of aryl methyl sites for hydroxylation is 1. The SMILES string of the molecule is Cc1cc(Nc2ccc(F)cc2)c(C=N)cc1[C@H]1CN(S(=O)(=O)CCOC(C)C)CCN1CC(C)C. The Labute approximate surface area is 215 Å². The van der Waals surface area contributed by atoms with Gasteiger partial charge in [-0.25, -0.2) is 12.8 Å². The molecule has 1 aliphatic rings. The van der Waals surface area contributed by atoms with Crippen molar-refractivity contribution in [2.75, 3.05) is 43.9 Å². The van der Waals surface area contributed by atoms with Crippen LogP contribution in [0.4, 0.5) is 15.8 Å². The second-order valence-electron chi connectivity index (χ2n) is 10.1. The van der Waals surface area contributed by atoms with Crippen LogP contribution in [0.1, 0.15) is 50.4 Å². The van der Waals surface area contributed by atoms with Crippen LogP contribution < -0.4 is 5.32 Å². The first kappa shape index (κ1) is 28.2. The van der Waals surface area contributed by atoms with Crippen molar-refractivity contribution < 1.29 is 17.5 Å². The number of hydrogen-bond donors (Lipinski definition) is 2. The van der Waals surface area contributed by atoms with Crippen LogP contribution in [0.15, 0.2) is 36.4 Å². The summed E-state index contributed by atoms with van der Waals surface area (Å²) >= 11 is 0. The number of hydrogen-bond acceptors (Lipinski definition) is 6. The molecular formula is C27H39FN4O3S. The fourth-order valence-electron chi connectivity index (χ4n) is 4.57. The smallest absolute Gasteiger partial charge is 0.216 e. The number of ether oxygens (including phenoxy) is 1. The van der Waals surface area contributed by atoms with Crippen LogP contribution in [0.2, 0.25) is 0 Å². The Morgan fingerprint density at radius 3 is 2.47 bits per heavy atom. The van der Waals surface area contributed by atoms with Crippen molar-refractivity contribution in [2.45, 2.75) is 46.8 Å². The molecule has 0 amide bonds. The van der Waals surface area contributed by atoms with Crippen LogP contribution >= 0.6 is 0 Å². The Morgan fingerprint density at radius 1 is 1.17 bits per heavy atom. The number of nitrogens with one attached hydrogen (secondary N) is 2. The van der Waals surface area contributed by atoms with Gasteiger partial charge in [-0.2, -0.15) is 4.31 Å². The highest BCUT2D eigenvalue weighted by atomic mass is 32.2. The molecule has 2 aromatic rings. The van der Waals surface area contributed by atoms with Crippen molar-refractivity contribution in [1.29, 1.82) is 5.41 Å². The third-order valence-corrected chi connectivity index (χ3v) is 8.12. The third kappa shape index (κ3) is 7.35. The molecule has 1 fully saturated rings. The number of nitrogens with zero attached hydrogens (tertiary/aromatic N) is 2. The molecule has 0 bridgehead atoms. The van der Waals surface area contributed by atoms with Gasteiger partial charge in [0, 0.05) is 55.4 Å². The summed E-state index contributed by atoms with van der Waals surface area (Å²) in [6.45, 7) is 12.6. The van der Waals surface area contributed by atoms with E-state index in [1.807, 2.05) is 32.9 Å². The number of piperazine rings is 1. The average Bonchev–Trinajstić information content (AvgIpc) is 2.80. The summed E-state index contributed by atoms with van der Waals surface area (Å²) in [6.07, 6.45) is 1.28. The van der Waals surface area contributed by atoms with Crippen LogP contribution in [-0.4, -0.2) is 68.5 Å². The van der Waals surface area contributed by atoms with Gasteiger partial charge >= 0.3 is 0 Å². The molecule has 1 heterocycles. The minimum absolute atomic E-state index is 0.0138. The fourth-order valence-corrected chi connectivity index (χ4v) is 5.86. The zero-order valence-electron chi connectivity index (χ0n) is 21.9. The van der Waals surface area contributed by atoms with Gasteiger partial charge in [0.25, 0.3) is 0 Å². The quantitative estimate of drug-likeness (QED) is 0.412. The zero-order chi connectivity index (χ0) is 26.5. The van der Waals surface area contributed by atoms with Crippen molar-refractivity contribution in [3.63, 3.8) is 0 Å². The fraction of sp³-hybridized carbons (Fsp3) is 0.519. The zero-order valence-corrected chi connectivity index (χ0v) is 22.7. The van der Waals surface area contributed by atoms with Gasteiger partial charge in [-0.3, -0.25) is 4.90 Å². The standard InChI is InChI=1S/C27H39FN4O3S/c1-19(2)17-31-10-11-32(36(33,34)13-12-35-20(3)4)18-27(31)25-15-22(16-29)26(14-21(25)5)30-24-8-6-23(28)7-9-24/h6-9,14-16,19-20,27,29-30H,10-13,17-18H2,1-5H3/t27-/m1/s1. The van der Waals surface area contributed by atoms with Gasteiger partial charge in [-0.1, -0.05) is 13.8 Å². The first-order valence-electron chi connectivity index (χ1n) is 12.5. The van der Waals surface area contributed by atoms with E-state index >= 15 is 0 Å². The lowest BCUT2D eigenvalue weighted by molar-refractivity contribution is 0.0875.